The van der Waals surface area contributed by atoms with Crippen molar-refractivity contribution in [3.63, 3.8) is 0 Å². The first kappa shape index (κ1) is 13.5. The molecule has 1 saturated carbocycles. The topological polar surface area (TPSA) is 52.3 Å². The minimum Gasteiger partial charge on any atom is -0.461 e. The summed E-state index contributed by atoms with van der Waals surface area (Å²) in [6.45, 7) is 8.23. The normalized spacial score (nSPS) is 32.5. The number of nitrogens with two attached hydrogens (primary N) is 1. The molecule has 2 N–H and O–H groups in total. The number of esters is 1. The summed E-state index contributed by atoms with van der Waals surface area (Å²) in [5.74, 6) is 0.822. The van der Waals surface area contributed by atoms with E-state index in [9.17, 15) is 4.79 Å². The molecule has 0 bridgehead atoms. The molecule has 94 valence electrons. The second-order valence-electron chi connectivity index (χ2n) is 5.69. The summed E-state index contributed by atoms with van der Waals surface area (Å²) < 4.78 is 5.43. The minimum atomic E-state index is -0.727. The fraction of sp³-hybridized carbons (Fsp3) is 0.923. The summed E-state index contributed by atoms with van der Waals surface area (Å²) in [4.78, 5) is 12.0. The van der Waals surface area contributed by atoms with E-state index in [1.807, 2.05) is 20.8 Å². The highest BCUT2D eigenvalue weighted by Gasteiger charge is 2.39. The van der Waals surface area contributed by atoms with Gasteiger partial charge in [0.05, 0.1) is 0 Å². The Morgan fingerprint density at radius 2 is 1.81 bits per heavy atom. The Morgan fingerprint density at radius 1 is 1.31 bits per heavy atom. The van der Waals surface area contributed by atoms with Crippen LogP contribution in [-0.2, 0) is 9.53 Å². The lowest BCUT2D eigenvalue weighted by atomic mass is 9.78. The van der Waals surface area contributed by atoms with Crippen LogP contribution in [0.5, 0.6) is 0 Å². The van der Waals surface area contributed by atoms with Gasteiger partial charge < -0.3 is 10.5 Å². The van der Waals surface area contributed by atoms with Crippen LogP contribution in [-0.4, -0.2) is 17.6 Å². The number of hydrogen-bond acceptors (Lipinski definition) is 3. The Kier molecular flexibility index (Phi) is 4.36. The summed E-state index contributed by atoms with van der Waals surface area (Å²) in [5.41, 5.74) is 5.41. The van der Waals surface area contributed by atoms with E-state index >= 15 is 0 Å². The van der Waals surface area contributed by atoms with Gasteiger partial charge in [0.25, 0.3) is 0 Å². The molecular weight excluding hydrogens is 202 g/mol. The molecule has 1 atom stereocenters. The zero-order valence-electron chi connectivity index (χ0n) is 11.0. The average Bonchev–Trinajstić information content (AvgIpc) is 2.22. The molecule has 1 aliphatic rings. The summed E-state index contributed by atoms with van der Waals surface area (Å²) in [7, 11) is 0. The van der Waals surface area contributed by atoms with Crippen molar-refractivity contribution >= 4 is 5.97 Å². The van der Waals surface area contributed by atoms with Gasteiger partial charge in [0, 0.05) is 0 Å². The van der Waals surface area contributed by atoms with Crippen LogP contribution >= 0.6 is 0 Å². The Morgan fingerprint density at radius 3 is 2.25 bits per heavy atom. The first-order chi connectivity index (χ1) is 7.35. The maximum absolute atomic E-state index is 12.0. The van der Waals surface area contributed by atoms with Crippen molar-refractivity contribution in [3.05, 3.63) is 0 Å². The van der Waals surface area contributed by atoms with E-state index in [1.165, 1.54) is 0 Å². The molecule has 0 saturated heterocycles. The third-order valence-corrected chi connectivity index (χ3v) is 3.80. The van der Waals surface area contributed by atoms with Crippen molar-refractivity contribution in [3.8, 4) is 0 Å². The van der Waals surface area contributed by atoms with Gasteiger partial charge in [-0.15, -0.1) is 0 Å². The van der Waals surface area contributed by atoms with Crippen molar-refractivity contribution in [1.29, 1.82) is 0 Å². The molecule has 0 amide bonds. The molecule has 1 aliphatic carbocycles. The van der Waals surface area contributed by atoms with Gasteiger partial charge in [0.15, 0.2) is 0 Å². The van der Waals surface area contributed by atoms with Crippen molar-refractivity contribution in [2.45, 2.75) is 65.0 Å². The predicted octanol–water partition coefficient (Wildman–Crippen LogP) is 2.48. The lowest BCUT2D eigenvalue weighted by molar-refractivity contribution is -0.158. The Balaban J connectivity index is 2.53. The first-order valence-electron chi connectivity index (χ1n) is 6.35. The quantitative estimate of drug-likeness (QED) is 0.754. The number of rotatable bonds is 3. The van der Waals surface area contributed by atoms with Crippen molar-refractivity contribution in [2.75, 3.05) is 0 Å². The van der Waals surface area contributed by atoms with Crippen LogP contribution in [0.25, 0.3) is 0 Å². The van der Waals surface area contributed by atoms with Gasteiger partial charge in [-0.1, -0.05) is 20.8 Å². The molecule has 16 heavy (non-hydrogen) atoms. The Labute approximate surface area is 98.7 Å². The summed E-state index contributed by atoms with van der Waals surface area (Å²) in [6, 6.07) is 0. The molecule has 0 aromatic rings. The van der Waals surface area contributed by atoms with Crippen LogP contribution in [0.2, 0.25) is 0 Å². The van der Waals surface area contributed by atoms with Gasteiger partial charge >= 0.3 is 5.97 Å². The number of carbonyl (C=O) groups is 1. The summed E-state index contributed by atoms with van der Waals surface area (Å²) >= 11 is 0. The SMILES string of the molecule is CC1CCC(N)(C(=O)OC(C)C(C)C)CC1. The van der Waals surface area contributed by atoms with Gasteiger partial charge in [-0.25, -0.2) is 0 Å². The van der Waals surface area contributed by atoms with Crippen LogP contribution in [0, 0.1) is 11.8 Å². The molecule has 3 heteroatoms. The first-order valence-corrected chi connectivity index (χ1v) is 6.35. The molecule has 0 aromatic carbocycles. The molecule has 0 aromatic heterocycles. The fourth-order valence-electron chi connectivity index (χ4n) is 1.90. The van der Waals surface area contributed by atoms with Gasteiger partial charge in [-0.3, -0.25) is 4.79 Å². The number of ether oxygens (including phenoxy) is 1. The van der Waals surface area contributed by atoms with Crippen LogP contribution in [0.3, 0.4) is 0 Å². The maximum Gasteiger partial charge on any atom is 0.326 e. The smallest absolute Gasteiger partial charge is 0.326 e. The maximum atomic E-state index is 12.0. The molecule has 1 fully saturated rings. The second kappa shape index (κ2) is 5.17. The average molecular weight is 227 g/mol. The van der Waals surface area contributed by atoms with Crippen LogP contribution < -0.4 is 5.73 Å². The standard InChI is InChI=1S/C13H25NO2/c1-9(2)11(4)16-12(15)13(14)7-5-10(3)6-8-13/h9-11H,5-8,14H2,1-4H3. The van der Waals surface area contributed by atoms with E-state index < -0.39 is 5.54 Å². The molecule has 0 aliphatic heterocycles. The van der Waals surface area contributed by atoms with E-state index in [-0.39, 0.29) is 12.1 Å². The molecular formula is C13H25NO2. The van der Waals surface area contributed by atoms with E-state index in [2.05, 4.69) is 6.92 Å². The van der Waals surface area contributed by atoms with Crippen molar-refractivity contribution < 1.29 is 9.53 Å². The van der Waals surface area contributed by atoms with Gasteiger partial charge in [-0.05, 0) is 44.4 Å². The zero-order chi connectivity index (χ0) is 12.3. The highest BCUT2D eigenvalue weighted by molar-refractivity contribution is 5.80. The highest BCUT2D eigenvalue weighted by Crippen LogP contribution is 2.31. The van der Waals surface area contributed by atoms with E-state index in [4.69, 9.17) is 10.5 Å². The molecule has 1 rings (SSSR count). The Bertz CT molecular complexity index is 242. The van der Waals surface area contributed by atoms with Crippen LogP contribution in [0.1, 0.15) is 53.4 Å². The van der Waals surface area contributed by atoms with Crippen molar-refractivity contribution in [1.82, 2.24) is 0 Å². The summed E-state index contributed by atoms with van der Waals surface area (Å²) in [5, 5.41) is 0. The van der Waals surface area contributed by atoms with E-state index in [0.717, 1.165) is 25.7 Å². The van der Waals surface area contributed by atoms with Crippen LogP contribution in [0.4, 0.5) is 0 Å². The Hall–Kier alpha value is -0.570. The molecule has 3 nitrogen and oxygen atoms in total. The lowest BCUT2D eigenvalue weighted by Crippen LogP contribution is -2.52. The summed E-state index contributed by atoms with van der Waals surface area (Å²) in [6.07, 6.45) is 3.53. The zero-order valence-corrected chi connectivity index (χ0v) is 11.0. The third-order valence-electron chi connectivity index (χ3n) is 3.80. The molecule has 0 radical (unpaired) electrons. The molecule has 0 spiro atoms. The lowest BCUT2D eigenvalue weighted by Gasteiger charge is -2.35. The number of hydrogen-bond donors (Lipinski definition) is 1. The van der Waals surface area contributed by atoms with Gasteiger partial charge in [0.1, 0.15) is 11.6 Å². The van der Waals surface area contributed by atoms with Gasteiger partial charge in [-0.2, -0.15) is 0 Å². The van der Waals surface area contributed by atoms with Crippen LogP contribution in [0.15, 0.2) is 0 Å². The minimum absolute atomic E-state index is 0.0488. The molecule has 0 heterocycles. The second-order valence-corrected chi connectivity index (χ2v) is 5.69. The predicted molar refractivity (Wildman–Crippen MR) is 64.9 cm³/mol. The monoisotopic (exact) mass is 227 g/mol. The van der Waals surface area contributed by atoms with Gasteiger partial charge in [0.2, 0.25) is 0 Å². The van der Waals surface area contributed by atoms with Crippen molar-refractivity contribution in [2.24, 2.45) is 17.6 Å². The van der Waals surface area contributed by atoms with E-state index in [0.29, 0.717) is 11.8 Å². The third kappa shape index (κ3) is 3.21. The van der Waals surface area contributed by atoms with E-state index in [1.54, 1.807) is 0 Å². The fourth-order valence-corrected chi connectivity index (χ4v) is 1.90. The highest BCUT2D eigenvalue weighted by atomic mass is 16.5. The molecule has 1 unspecified atom stereocenters. The largest absolute Gasteiger partial charge is 0.461 e. The number of carbonyl (C=O) groups excluding carboxylic acids is 1.